The van der Waals surface area contributed by atoms with Gasteiger partial charge in [0, 0.05) is 22.6 Å². The van der Waals surface area contributed by atoms with Crippen molar-refractivity contribution in [1.82, 2.24) is 4.98 Å². The summed E-state index contributed by atoms with van der Waals surface area (Å²) in [5, 5.41) is 20.7. The third kappa shape index (κ3) is 2.32. The number of nitrogens with zero attached hydrogens (tertiary/aromatic N) is 2. The fourth-order valence-corrected chi connectivity index (χ4v) is 1.94. The van der Waals surface area contributed by atoms with E-state index in [-0.39, 0.29) is 22.2 Å². The van der Waals surface area contributed by atoms with Gasteiger partial charge in [-0.15, -0.1) is 0 Å². The molecule has 0 spiro atoms. The zero-order valence-corrected chi connectivity index (χ0v) is 11.4. The Morgan fingerprint density at radius 1 is 1.35 bits per heavy atom. The summed E-state index contributed by atoms with van der Waals surface area (Å²) < 4.78 is 0. The number of fused-ring (bicyclic) bond motifs is 1. The highest BCUT2D eigenvalue weighted by Crippen LogP contribution is 2.30. The van der Waals surface area contributed by atoms with E-state index in [9.17, 15) is 20.0 Å². The molecule has 0 aliphatic rings. The molecule has 0 radical (unpaired) electrons. The summed E-state index contributed by atoms with van der Waals surface area (Å²) in [4.78, 5) is 26.2. The lowest BCUT2D eigenvalue weighted by molar-refractivity contribution is -0.383. The zero-order valence-electron chi connectivity index (χ0n) is 11.4. The number of hydrogen-bond acceptors (Lipinski definition) is 4. The smallest absolute Gasteiger partial charge is 0.336 e. The highest BCUT2D eigenvalue weighted by molar-refractivity contribution is 6.04. The van der Waals surface area contributed by atoms with Crippen molar-refractivity contribution in [2.24, 2.45) is 0 Å². The van der Waals surface area contributed by atoms with Crippen molar-refractivity contribution < 1.29 is 14.8 Å². The van der Waals surface area contributed by atoms with Crippen LogP contribution in [0.4, 0.5) is 5.69 Å². The predicted octanol–water partition coefficient (Wildman–Crippen LogP) is 3.14. The van der Waals surface area contributed by atoms with Gasteiger partial charge >= 0.3 is 5.97 Å². The second-order valence-electron chi connectivity index (χ2n) is 5.54. The van der Waals surface area contributed by atoms with Gasteiger partial charge in [-0.05, 0) is 6.07 Å². The molecule has 6 nitrogen and oxygen atoms in total. The highest BCUT2D eigenvalue weighted by atomic mass is 16.6. The fraction of sp³-hybridized carbons (Fsp3) is 0.286. The van der Waals surface area contributed by atoms with Crippen LogP contribution in [-0.2, 0) is 5.41 Å². The Labute approximate surface area is 115 Å². The van der Waals surface area contributed by atoms with Gasteiger partial charge in [-0.2, -0.15) is 0 Å². The molecular weight excluding hydrogens is 260 g/mol. The monoisotopic (exact) mass is 274 g/mol. The van der Waals surface area contributed by atoms with Crippen LogP contribution in [0.15, 0.2) is 24.3 Å². The number of nitro groups is 1. The van der Waals surface area contributed by atoms with Crippen LogP contribution in [0.25, 0.3) is 10.9 Å². The summed E-state index contributed by atoms with van der Waals surface area (Å²) in [7, 11) is 0. The number of carbonyl (C=O) groups is 1. The minimum atomic E-state index is -1.12. The number of pyridine rings is 1. The molecule has 20 heavy (non-hydrogen) atoms. The van der Waals surface area contributed by atoms with Crippen molar-refractivity contribution in [3.05, 3.63) is 45.6 Å². The van der Waals surface area contributed by atoms with Crippen LogP contribution in [0.2, 0.25) is 0 Å². The van der Waals surface area contributed by atoms with E-state index in [2.05, 4.69) is 4.98 Å². The van der Waals surface area contributed by atoms with Crippen LogP contribution < -0.4 is 0 Å². The van der Waals surface area contributed by atoms with Gasteiger partial charge in [0.25, 0.3) is 5.69 Å². The number of rotatable bonds is 2. The predicted molar refractivity (Wildman–Crippen MR) is 74.1 cm³/mol. The van der Waals surface area contributed by atoms with Crippen molar-refractivity contribution in [1.29, 1.82) is 0 Å². The second kappa shape index (κ2) is 4.56. The third-order valence-electron chi connectivity index (χ3n) is 3.01. The summed E-state index contributed by atoms with van der Waals surface area (Å²) in [5.74, 6) is -1.12. The number of para-hydroxylation sites is 1. The van der Waals surface area contributed by atoms with E-state index in [1.54, 1.807) is 0 Å². The number of non-ortho nitro benzene ring substituents is 1. The van der Waals surface area contributed by atoms with Crippen LogP contribution in [0, 0.1) is 10.1 Å². The van der Waals surface area contributed by atoms with E-state index in [1.807, 2.05) is 20.8 Å². The Bertz CT molecular complexity index is 717. The minimum Gasteiger partial charge on any atom is -0.478 e. The number of aromatic carboxylic acids is 1. The van der Waals surface area contributed by atoms with Crippen molar-refractivity contribution in [3.8, 4) is 0 Å². The molecule has 1 aromatic carbocycles. The summed E-state index contributed by atoms with van der Waals surface area (Å²) in [6.45, 7) is 5.63. The molecule has 0 atom stereocenters. The Hall–Kier alpha value is -2.50. The van der Waals surface area contributed by atoms with Crippen LogP contribution in [0.5, 0.6) is 0 Å². The van der Waals surface area contributed by atoms with Crippen molar-refractivity contribution in [2.75, 3.05) is 0 Å². The van der Waals surface area contributed by atoms with E-state index in [4.69, 9.17) is 0 Å². The fourth-order valence-electron chi connectivity index (χ4n) is 1.94. The van der Waals surface area contributed by atoms with Crippen LogP contribution >= 0.6 is 0 Å². The maximum Gasteiger partial charge on any atom is 0.336 e. The number of benzene rings is 1. The van der Waals surface area contributed by atoms with Crippen LogP contribution in [-0.4, -0.2) is 21.0 Å². The molecule has 0 unspecified atom stereocenters. The number of aromatic nitrogens is 1. The zero-order chi connectivity index (χ0) is 15.1. The van der Waals surface area contributed by atoms with Crippen molar-refractivity contribution >= 4 is 22.6 Å². The molecule has 1 heterocycles. The molecular formula is C14H14N2O4. The Morgan fingerprint density at radius 2 is 2.00 bits per heavy atom. The Morgan fingerprint density at radius 3 is 2.50 bits per heavy atom. The maximum absolute atomic E-state index is 11.4. The van der Waals surface area contributed by atoms with E-state index in [1.165, 1.54) is 24.3 Å². The molecule has 0 saturated heterocycles. The first kappa shape index (κ1) is 13.9. The highest BCUT2D eigenvalue weighted by Gasteiger charge is 2.23. The average Bonchev–Trinajstić information content (AvgIpc) is 2.35. The standard InChI is InChI=1S/C14H14N2O4/c1-14(2,3)11-7-9(13(17)18)8-5-4-6-10(16(19)20)12(8)15-11/h4-7H,1-3H3,(H,17,18). The quantitative estimate of drug-likeness (QED) is 0.670. The van der Waals surface area contributed by atoms with Crippen LogP contribution in [0.3, 0.4) is 0 Å². The van der Waals surface area contributed by atoms with Gasteiger partial charge in [0.15, 0.2) is 0 Å². The molecule has 1 N–H and O–H groups in total. The summed E-state index contributed by atoms with van der Waals surface area (Å²) in [5.41, 5.74) is 0.0704. The molecule has 104 valence electrons. The van der Waals surface area contributed by atoms with Crippen molar-refractivity contribution in [3.63, 3.8) is 0 Å². The van der Waals surface area contributed by atoms with E-state index in [0.717, 1.165) is 0 Å². The maximum atomic E-state index is 11.4. The molecule has 0 bridgehead atoms. The van der Waals surface area contributed by atoms with Crippen LogP contribution in [0.1, 0.15) is 36.8 Å². The molecule has 0 saturated carbocycles. The molecule has 6 heteroatoms. The normalized spacial score (nSPS) is 11.6. The molecule has 0 aliphatic heterocycles. The first-order valence-electron chi connectivity index (χ1n) is 6.04. The van der Waals surface area contributed by atoms with E-state index < -0.39 is 16.3 Å². The van der Waals surface area contributed by atoms with Gasteiger partial charge < -0.3 is 5.11 Å². The molecule has 0 aliphatic carbocycles. The lowest BCUT2D eigenvalue weighted by Gasteiger charge is -2.19. The molecule has 2 aromatic rings. The van der Waals surface area contributed by atoms with E-state index in [0.29, 0.717) is 5.69 Å². The van der Waals surface area contributed by atoms with Gasteiger partial charge in [0.05, 0.1) is 10.5 Å². The minimum absolute atomic E-state index is 0.0311. The van der Waals surface area contributed by atoms with Gasteiger partial charge in [-0.25, -0.2) is 9.78 Å². The first-order chi connectivity index (χ1) is 9.21. The summed E-state index contributed by atoms with van der Waals surface area (Å²) >= 11 is 0. The number of nitro benzene ring substituents is 1. The van der Waals surface area contributed by atoms with Crippen molar-refractivity contribution in [2.45, 2.75) is 26.2 Å². The molecule has 2 rings (SSSR count). The Balaban J connectivity index is 2.94. The first-order valence-corrected chi connectivity index (χ1v) is 6.04. The van der Waals surface area contributed by atoms with Gasteiger partial charge in [0.2, 0.25) is 0 Å². The second-order valence-corrected chi connectivity index (χ2v) is 5.54. The lowest BCUT2D eigenvalue weighted by atomic mass is 9.89. The SMILES string of the molecule is CC(C)(C)c1cc(C(=O)O)c2cccc([N+](=O)[O-])c2n1. The number of hydrogen-bond donors (Lipinski definition) is 1. The third-order valence-corrected chi connectivity index (χ3v) is 3.01. The number of carboxylic acid groups (broad SMARTS) is 1. The van der Waals surface area contributed by atoms with Gasteiger partial charge in [-0.3, -0.25) is 10.1 Å². The van der Waals surface area contributed by atoms with Gasteiger partial charge in [0.1, 0.15) is 5.52 Å². The summed E-state index contributed by atoms with van der Waals surface area (Å²) in [6.07, 6.45) is 0. The largest absolute Gasteiger partial charge is 0.478 e. The molecule has 1 aromatic heterocycles. The lowest BCUT2D eigenvalue weighted by Crippen LogP contribution is -2.15. The Kier molecular flexibility index (Phi) is 3.17. The molecule has 0 fully saturated rings. The van der Waals surface area contributed by atoms with E-state index >= 15 is 0 Å². The topological polar surface area (TPSA) is 93.3 Å². The number of carboxylic acids is 1. The van der Waals surface area contributed by atoms with Gasteiger partial charge in [-0.1, -0.05) is 32.9 Å². The average molecular weight is 274 g/mol. The summed E-state index contributed by atoms with van der Waals surface area (Å²) in [6, 6.07) is 5.80. The molecule has 0 amide bonds.